The predicted octanol–water partition coefficient (Wildman–Crippen LogP) is 2.02. The summed E-state index contributed by atoms with van der Waals surface area (Å²) < 4.78 is 14.2. The maximum absolute atomic E-state index is 12.7. The van der Waals surface area contributed by atoms with Crippen LogP contribution < -0.4 is 10.9 Å². The molecule has 82 valence electrons. The molecule has 4 heteroatoms. The van der Waals surface area contributed by atoms with Crippen LogP contribution in [-0.4, -0.2) is 11.6 Å². The van der Waals surface area contributed by atoms with E-state index < -0.39 is 0 Å². The van der Waals surface area contributed by atoms with Crippen molar-refractivity contribution >= 4 is 5.69 Å². The molecule has 0 saturated carbocycles. The third kappa shape index (κ3) is 1.95. The van der Waals surface area contributed by atoms with Crippen LogP contribution in [0.15, 0.2) is 47.4 Å². The zero-order valence-corrected chi connectivity index (χ0v) is 8.77. The number of hydrogen-bond acceptors (Lipinski definition) is 2. The Kier molecular flexibility index (Phi) is 2.72. The van der Waals surface area contributed by atoms with Gasteiger partial charge in [0.15, 0.2) is 0 Å². The summed E-state index contributed by atoms with van der Waals surface area (Å²) in [5.74, 6) is -0.316. The molecule has 0 aliphatic carbocycles. The van der Waals surface area contributed by atoms with Crippen molar-refractivity contribution in [2.24, 2.45) is 0 Å². The second-order valence-electron chi connectivity index (χ2n) is 3.35. The van der Waals surface area contributed by atoms with E-state index in [1.54, 1.807) is 31.4 Å². The van der Waals surface area contributed by atoms with Gasteiger partial charge < -0.3 is 5.32 Å². The minimum absolute atomic E-state index is 0.154. The molecule has 0 unspecified atom stereocenters. The quantitative estimate of drug-likeness (QED) is 0.836. The molecular weight excluding hydrogens is 207 g/mol. The minimum Gasteiger partial charge on any atom is -0.388 e. The Morgan fingerprint density at radius 1 is 1.19 bits per heavy atom. The highest BCUT2D eigenvalue weighted by atomic mass is 19.1. The van der Waals surface area contributed by atoms with Crippen molar-refractivity contribution in [1.29, 1.82) is 0 Å². The highest BCUT2D eigenvalue weighted by Crippen LogP contribution is 2.08. The Bertz CT molecular complexity index is 546. The fourth-order valence-electron chi connectivity index (χ4n) is 1.45. The summed E-state index contributed by atoms with van der Waals surface area (Å²) in [5.41, 5.74) is 1.25. The summed E-state index contributed by atoms with van der Waals surface area (Å²) >= 11 is 0. The second-order valence-corrected chi connectivity index (χ2v) is 3.35. The van der Waals surface area contributed by atoms with Crippen molar-refractivity contribution in [1.82, 2.24) is 4.57 Å². The Hall–Kier alpha value is -2.10. The molecule has 0 atom stereocenters. The topological polar surface area (TPSA) is 34.0 Å². The number of pyridine rings is 1. The molecule has 2 rings (SSSR count). The third-order valence-electron chi connectivity index (χ3n) is 2.31. The smallest absolute Gasteiger partial charge is 0.257 e. The van der Waals surface area contributed by atoms with Gasteiger partial charge in [0.1, 0.15) is 5.82 Å². The van der Waals surface area contributed by atoms with E-state index in [0.717, 1.165) is 5.69 Å². The lowest BCUT2D eigenvalue weighted by Crippen LogP contribution is -2.16. The first-order valence-corrected chi connectivity index (χ1v) is 4.87. The Labute approximate surface area is 92.2 Å². The van der Waals surface area contributed by atoms with E-state index >= 15 is 0 Å². The molecule has 0 bridgehead atoms. The SMILES string of the molecule is CNc1ccn(-c2ccc(F)cc2)c(=O)c1. The normalized spacial score (nSPS) is 10.1. The van der Waals surface area contributed by atoms with Crippen LogP contribution in [0.1, 0.15) is 0 Å². The molecule has 16 heavy (non-hydrogen) atoms. The maximum atomic E-state index is 12.7. The standard InChI is InChI=1S/C12H11FN2O/c1-14-10-6-7-15(12(16)8-10)11-4-2-9(13)3-5-11/h2-8,14H,1H3. The van der Waals surface area contributed by atoms with E-state index in [1.165, 1.54) is 22.8 Å². The van der Waals surface area contributed by atoms with Gasteiger partial charge in [0.05, 0.1) is 0 Å². The molecule has 1 N–H and O–H groups in total. The molecule has 1 heterocycles. The van der Waals surface area contributed by atoms with Gasteiger partial charge in [0, 0.05) is 30.7 Å². The van der Waals surface area contributed by atoms with Crippen molar-refractivity contribution in [2.75, 3.05) is 12.4 Å². The lowest BCUT2D eigenvalue weighted by Gasteiger charge is -2.06. The highest BCUT2D eigenvalue weighted by molar-refractivity contribution is 5.42. The second kappa shape index (κ2) is 4.18. The van der Waals surface area contributed by atoms with Crippen LogP contribution in [0.5, 0.6) is 0 Å². The van der Waals surface area contributed by atoms with Crippen LogP contribution in [0.25, 0.3) is 5.69 Å². The Balaban J connectivity index is 2.48. The summed E-state index contributed by atoms with van der Waals surface area (Å²) in [4.78, 5) is 11.7. The molecule has 0 fully saturated rings. The average Bonchev–Trinajstić information content (AvgIpc) is 2.30. The van der Waals surface area contributed by atoms with Gasteiger partial charge in [0.25, 0.3) is 5.56 Å². The number of hydrogen-bond donors (Lipinski definition) is 1. The third-order valence-corrected chi connectivity index (χ3v) is 2.31. The zero-order valence-electron chi connectivity index (χ0n) is 8.77. The van der Waals surface area contributed by atoms with Crippen molar-refractivity contribution in [3.05, 3.63) is 58.8 Å². The van der Waals surface area contributed by atoms with Crippen LogP contribution >= 0.6 is 0 Å². The van der Waals surface area contributed by atoms with Gasteiger partial charge in [0.2, 0.25) is 0 Å². The summed E-state index contributed by atoms with van der Waals surface area (Å²) in [5, 5.41) is 2.88. The van der Waals surface area contributed by atoms with E-state index in [1.807, 2.05) is 0 Å². The number of aromatic nitrogens is 1. The van der Waals surface area contributed by atoms with E-state index in [0.29, 0.717) is 5.69 Å². The monoisotopic (exact) mass is 218 g/mol. The lowest BCUT2D eigenvalue weighted by atomic mass is 10.3. The first kappa shape index (κ1) is 10.4. The predicted molar refractivity (Wildman–Crippen MR) is 61.5 cm³/mol. The molecule has 0 spiro atoms. The van der Waals surface area contributed by atoms with Crippen molar-refractivity contribution < 1.29 is 4.39 Å². The summed E-state index contributed by atoms with van der Waals surface area (Å²) in [6.45, 7) is 0. The first-order valence-electron chi connectivity index (χ1n) is 4.87. The first-order chi connectivity index (χ1) is 7.70. The molecule has 0 saturated heterocycles. The summed E-state index contributed by atoms with van der Waals surface area (Å²) in [6.07, 6.45) is 1.65. The zero-order chi connectivity index (χ0) is 11.5. The molecule has 1 aromatic heterocycles. The summed E-state index contributed by atoms with van der Waals surface area (Å²) in [7, 11) is 1.75. The Morgan fingerprint density at radius 2 is 1.88 bits per heavy atom. The van der Waals surface area contributed by atoms with Gasteiger partial charge in [-0.15, -0.1) is 0 Å². The number of benzene rings is 1. The lowest BCUT2D eigenvalue weighted by molar-refractivity contribution is 0.627. The molecule has 2 aromatic rings. The van der Waals surface area contributed by atoms with E-state index in [-0.39, 0.29) is 11.4 Å². The molecule has 3 nitrogen and oxygen atoms in total. The molecular formula is C12H11FN2O. The van der Waals surface area contributed by atoms with Crippen LogP contribution in [0.3, 0.4) is 0 Å². The number of halogens is 1. The Morgan fingerprint density at radius 3 is 2.44 bits per heavy atom. The van der Waals surface area contributed by atoms with Crippen molar-refractivity contribution in [3.63, 3.8) is 0 Å². The number of nitrogens with one attached hydrogen (secondary N) is 1. The molecule has 0 aliphatic rings. The largest absolute Gasteiger partial charge is 0.388 e. The van der Waals surface area contributed by atoms with E-state index in [9.17, 15) is 9.18 Å². The summed E-state index contributed by atoms with van der Waals surface area (Å²) in [6, 6.07) is 9.06. The van der Waals surface area contributed by atoms with Crippen LogP contribution in [-0.2, 0) is 0 Å². The number of nitrogens with zero attached hydrogens (tertiary/aromatic N) is 1. The number of anilines is 1. The molecule has 1 aromatic carbocycles. The average molecular weight is 218 g/mol. The van der Waals surface area contributed by atoms with Gasteiger partial charge in [-0.25, -0.2) is 4.39 Å². The van der Waals surface area contributed by atoms with Crippen LogP contribution in [0, 0.1) is 5.82 Å². The number of rotatable bonds is 2. The van der Waals surface area contributed by atoms with Gasteiger partial charge >= 0.3 is 0 Å². The molecule has 0 amide bonds. The molecule has 0 aliphatic heterocycles. The van der Waals surface area contributed by atoms with Crippen LogP contribution in [0.4, 0.5) is 10.1 Å². The van der Waals surface area contributed by atoms with Crippen molar-refractivity contribution in [2.45, 2.75) is 0 Å². The van der Waals surface area contributed by atoms with Gasteiger partial charge in [-0.1, -0.05) is 0 Å². The van der Waals surface area contributed by atoms with Gasteiger partial charge in [-0.3, -0.25) is 9.36 Å². The van der Waals surface area contributed by atoms with Gasteiger partial charge in [-0.05, 0) is 30.3 Å². The maximum Gasteiger partial charge on any atom is 0.257 e. The van der Waals surface area contributed by atoms with Gasteiger partial charge in [-0.2, -0.15) is 0 Å². The minimum atomic E-state index is -0.316. The molecule has 0 radical (unpaired) electrons. The van der Waals surface area contributed by atoms with E-state index in [2.05, 4.69) is 5.32 Å². The fraction of sp³-hybridized carbons (Fsp3) is 0.0833. The highest BCUT2D eigenvalue weighted by Gasteiger charge is 2.00. The van der Waals surface area contributed by atoms with Crippen LogP contribution in [0.2, 0.25) is 0 Å². The van der Waals surface area contributed by atoms with E-state index in [4.69, 9.17) is 0 Å². The van der Waals surface area contributed by atoms with Crippen molar-refractivity contribution in [3.8, 4) is 5.69 Å². The fourth-order valence-corrected chi connectivity index (χ4v) is 1.45.